The van der Waals surface area contributed by atoms with E-state index >= 15 is 0 Å². The molecule has 1 aliphatic carbocycles. The van der Waals surface area contributed by atoms with Crippen LogP contribution in [-0.2, 0) is 0 Å². The van der Waals surface area contributed by atoms with E-state index in [1.807, 2.05) is 6.92 Å². The number of carbonyl (C=O) groups is 1. The number of halogens is 1. The van der Waals surface area contributed by atoms with E-state index < -0.39 is 5.82 Å². The molecule has 1 aromatic carbocycles. The summed E-state index contributed by atoms with van der Waals surface area (Å²) in [5, 5.41) is 0. The molecule has 1 aliphatic rings. The van der Waals surface area contributed by atoms with Crippen LogP contribution in [0.1, 0.15) is 35.2 Å². The number of rotatable bonds is 2. The quantitative estimate of drug-likeness (QED) is 0.752. The van der Waals surface area contributed by atoms with E-state index in [0.29, 0.717) is 6.04 Å². The molecule has 1 amide bonds. The number of aryl methyl sites for hydroxylation is 1. The van der Waals surface area contributed by atoms with E-state index in [9.17, 15) is 9.18 Å². The molecule has 0 aliphatic heterocycles. The van der Waals surface area contributed by atoms with Crippen LogP contribution < -0.4 is 0 Å². The predicted molar refractivity (Wildman–Crippen MR) is 60.9 cm³/mol. The van der Waals surface area contributed by atoms with Gasteiger partial charge in [0.25, 0.3) is 5.91 Å². The number of hydrogen-bond acceptors (Lipinski definition) is 1. The Morgan fingerprint density at radius 3 is 2.69 bits per heavy atom. The van der Waals surface area contributed by atoms with Crippen LogP contribution in [0.2, 0.25) is 0 Å². The summed E-state index contributed by atoms with van der Waals surface area (Å²) in [6, 6.07) is 4.95. The maximum atomic E-state index is 13.5. The first-order chi connectivity index (χ1) is 7.59. The van der Waals surface area contributed by atoms with Crippen LogP contribution in [0.5, 0.6) is 0 Å². The van der Waals surface area contributed by atoms with E-state index in [4.69, 9.17) is 0 Å². The third-order valence-corrected chi connectivity index (χ3v) is 3.30. The molecule has 0 atom stereocenters. The second-order valence-corrected chi connectivity index (χ2v) is 4.48. The van der Waals surface area contributed by atoms with Crippen LogP contribution in [0, 0.1) is 12.7 Å². The van der Waals surface area contributed by atoms with Gasteiger partial charge in [0.05, 0.1) is 5.56 Å². The molecule has 1 saturated carbocycles. The van der Waals surface area contributed by atoms with Gasteiger partial charge in [0.2, 0.25) is 0 Å². The Hall–Kier alpha value is -1.38. The summed E-state index contributed by atoms with van der Waals surface area (Å²) in [6.45, 7) is 1.86. The molecular weight excluding hydrogens is 205 g/mol. The zero-order valence-electron chi connectivity index (χ0n) is 9.66. The average Bonchev–Trinajstić information content (AvgIpc) is 2.18. The fourth-order valence-electron chi connectivity index (χ4n) is 1.93. The lowest BCUT2D eigenvalue weighted by molar-refractivity contribution is 0.0647. The number of amides is 1. The predicted octanol–water partition coefficient (Wildman–Crippen LogP) is 2.76. The zero-order chi connectivity index (χ0) is 11.7. The highest BCUT2D eigenvalue weighted by atomic mass is 19.1. The zero-order valence-corrected chi connectivity index (χ0v) is 9.66. The highest BCUT2D eigenvalue weighted by Gasteiger charge is 2.27. The molecule has 3 heteroatoms. The van der Waals surface area contributed by atoms with Gasteiger partial charge in [-0.3, -0.25) is 4.79 Å². The third kappa shape index (κ3) is 1.94. The lowest BCUT2D eigenvalue weighted by Crippen LogP contribution is -2.41. The van der Waals surface area contributed by atoms with Crippen molar-refractivity contribution in [3.05, 3.63) is 35.1 Å². The minimum Gasteiger partial charge on any atom is -0.339 e. The lowest BCUT2D eigenvalue weighted by Gasteiger charge is -2.34. The maximum Gasteiger partial charge on any atom is 0.256 e. The molecule has 1 aromatic rings. The summed E-state index contributed by atoms with van der Waals surface area (Å²) in [5.41, 5.74) is 1.10. The number of hydrogen-bond donors (Lipinski definition) is 0. The molecule has 0 radical (unpaired) electrons. The van der Waals surface area contributed by atoms with Gasteiger partial charge in [-0.15, -0.1) is 0 Å². The van der Waals surface area contributed by atoms with Gasteiger partial charge in [-0.2, -0.15) is 0 Å². The molecule has 2 nitrogen and oxygen atoms in total. The average molecular weight is 221 g/mol. The van der Waals surface area contributed by atoms with Gasteiger partial charge < -0.3 is 4.90 Å². The summed E-state index contributed by atoms with van der Waals surface area (Å²) in [5.74, 6) is -0.632. The molecule has 2 rings (SSSR count). The largest absolute Gasteiger partial charge is 0.339 e. The Kier molecular flexibility index (Phi) is 2.95. The first-order valence-corrected chi connectivity index (χ1v) is 5.63. The summed E-state index contributed by atoms with van der Waals surface area (Å²) < 4.78 is 13.5. The van der Waals surface area contributed by atoms with Gasteiger partial charge in [-0.05, 0) is 38.3 Å². The molecule has 86 valence electrons. The topological polar surface area (TPSA) is 20.3 Å². The van der Waals surface area contributed by atoms with Crippen LogP contribution in [0.15, 0.2) is 18.2 Å². The van der Waals surface area contributed by atoms with Crippen LogP contribution in [0.4, 0.5) is 4.39 Å². The summed E-state index contributed by atoms with van der Waals surface area (Å²) in [4.78, 5) is 13.7. The van der Waals surface area contributed by atoms with Gasteiger partial charge in [0.15, 0.2) is 0 Å². The van der Waals surface area contributed by atoms with Gasteiger partial charge in [-0.25, -0.2) is 4.39 Å². The summed E-state index contributed by atoms with van der Waals surface area (Å²) in [6.07, 6.45) is 3.24. The number of carbonyl (C=O) groups excluding carboxylic acids is 1. The SMILES string of the molecule is Cc1ccc(F)c(C(=O)N(C)C2CCC2)c1. The maximum absolute atomic E-state index is 13.5. The van der Waals surface area contributed by atoms with Gasteiger partial charge in [0.1, 0.15) is 5.82 Å². The smallest absolute Gasteiger partial charge is 0.256 e. The minimum atomic E-state index is -0.429. The molecule has 0 aromatic heterocycles. The Labute approximate surface area is 95.1 Å². The first-order valence-electron chi connectivity index (χ1n) is 5.63. The Bertz CT molecular complexity index is 412. The van der Waals surface area contributed by atoms with Crippen molar-refractivity contribution in [2.75, 3.05) is 7.05 Å². The fraction of sp³-hybridized carbons (Fsp3) is 0.462. The number of nitrogens with zero attached hydrogens (tertiary/aromatic N) is 1. The molecule has 0 bridgehead atoms. The first kappa shape index (κ1) is 11.1. The van der Waals surface area contributed by atoms with Crippen molar-refractivity contribution in [1.82, 2.24) is 4.90 Å². The normalized spacial score (nSPS) is 15.7. The Morgan fingerprint density at radius 2 is 2.12 bits per heavy atom. The minimum absolute atomic E-state index is 0.189. The van der Waals surface area contributed by atoms with Crippen molar-refractivity contribution < 1.29 is 9.18 Å². The van der Waals surface area contributed by atoms with E-state index in [1.54, 1.807) is 24.1 Å². The lowest BCUT2D eigenvalue weighted by atomic mass is 9.91. The molecule has 1 fully saturated rings. The molecule has 16 heavy (non-hydrogen) atoms. The third-order valence-electron chi connectivity index (χ3n) is 3.30. The molecule has 0 N–H and O–H groups in total. The van der Waals surface area contributed by atoms with E-state index in [-0.39, 0.29) is 11.5 Å². The van der Waals surface area contributed by atoms with E-state index in [2.05, 4.69) is 0 Å². The second kappa shape index (κ2) is 4.24. The van der Waals surface area contributed by atoms with Gasteiger partial charge in [0, 0.05) is 13.1 Å². The fourth-order valence-corrected chi connectivity index (χ4v) is 1.93. The monoisotopic (exact) mass is 221 g/mol. The van der Waals surface area contributed by atoms with Crippen molar-refractivity contribution in [3.63, 3.8) is 0 Å². The van der Waals surface area contributed by atoms with Crippen LogP contribution in [0.25, 0.3) is 0 Å². The second-order valence-electron chi connectivity index (χ2n) is 4.48. The molecular formula is C13H16FNO. The molecule has 0 unspecified atom stereocenters. The molecule has 0 saturated heterocycles. The van der Waals surface area contributed by atoms with Crippen molar-refractivity contribution >= 4 is 5.91 Å². The van der Waals surface area contributed by atoms with Gasteiger partial charge >= 0.3 is 0 Å². The van der Waals surface area contributed by atoms with Crippen molar-refractivity contribution in [3.8, 4) is 0 Å². The summed E-state index contributed by atoms with van der Waals surface area (Å²) >= 11 is 0. The Morgan fingerprint density at radius 1 is 1.44 bits per heavy atom. The van der Waals surface area contributed by atoms with Crippen LogP contribution in [0.3, 0.4) is 0 Å². The summed E-state index contributed by atoms with van der Waals surface area (Å²) in [7, 11) is 1.76. The van der Waals surface area contributed by atoms with E-state index in [1.165, 1.54) is 12.5 Å². The van der Waals surface area contributed by atoms with Crippen molar-refractivity contribution in [2.24, 2.45) is 0 Å². The Balaban J connectivity index is 2.22. The number of benzene rings is 1. The highest BCUT2D eigenvalue weighted by Crippen LogP contribution is 2.25. The van der Waals surface area contributed by atoms with E-state index in [0.717, 1.165) is 18.4 Å². The standard InChI is InChI=1S/C13H16FNO/c1-9-6-7-12(14)11(8-9)13(16)15(2)10-4-3-5-10/h6-8,10H,3-5H2,1-2H3. The highest BCUT2D eigenvalue weighted by molar-refractivity contribution is 5.94. The van der Waals surface area contributed by atoms with Crippen LogP contribution >= 0.6 is 0 Å². The van der Waals surface area contributed by atoms with Crippen LogP contribution in [-0.4, -0.2) is 23.9 Å². The van der Waals surface area contributed by atoms with Gasteiger partial charge in [-0.1, -0.05) is 11.6 Å². The van der Waals surface area contributed by atoms with Crippen molar-refractivity contribution in [2.45, 2.75) is 32.2 Å². The van der Waals surface area contributed by atoms with Crippen molar-refractivity contribution in [1.29, 1.82) is 0 Å². The molecule has 0 spiro atoms. The molecule has 0 heterocycles.